The van der Waals surface area contributed by atoms with Gasteiger partial charge in [0, 0.05) is 12.1 Å². The molecule has 4 bridgehead atoms. The molecular weight excluding hydrogens is 174 g/mol. The van der Waals surface area contributed by atoms with Crippen LogP contribution in [0.5, 0.6) is 0 Å². The fourth-order valence-corrected chi connectivity index (χ4v) is 5.06. The van der Waals surface area contributed by atoms with Crippen LogP contribution >= 0.6 is 0 Å². The third kappa shape index (κ3) is 1.24. The summed E-state index contributed by atoms with van der Waals surface area (Å²) in [7, 11) is 0. The quantitative estimate of drug-likeness (QED) is 0.704. The third-order valence-corrected chi connectivity index (χ3v) is 4.87. The average molecular weight is 195 g/mol. The third-order valence-electron chi connectivity index (χ3n) is 4.87. The molecule has 3 N–H and O–H groups in total. The average Bonchev–Trinajstić information content (AvgIpc) is 1.97. The SMILES string of the molecule is NC12CC3CC(C1)CC(CCO)(C3)C2. The number of aliphatic hydroxyl groups excluding tert-OH is 1. The van der Waals surface area contributed by atoms with Gasteiger partial charge in [-0.1, -0.05) is 0 Å². The predicted octanol–water partition coefficient (Wildman–Crippen LogP) is 1.67. The van der Waals surface area contributed by atoms with Crippen molar-refractivity contribution >= 4 is 0 Å². The standard InChI is InChI=1S/C12H21NO/c13-12-6-9-3-10(7-12)5-11(4-9,8-12)1-2-14/h9-10,14H,1-8,13H2. The summed E-state index contributed by atoms with van der Waals surface area (Å²) in [6.45, 7) is 0.357. The van der Waals surface area contributed by atoms with Gasteiger partial charge in [-0.05, 0) is 62.2 Å². The van der Waals surface area contributed by atoms with Crippen molar-refractivity contribution in [3.05, 3.63) is 0 Å². The van der Waals surface area contributed by atoms with Gasteiger partial charge in [0.2, 0.25) is 0 Å². The molecule has 0 aromatic carbocycles. The van der Waals surface area contributed by atoms with Gasteiger partial charge >= 0.3 is 0 Å². The smallest absolute Gasteiger partial charge is 0.0436 e. The Hall–Kier alpha value is -0.0800. The Kier molecular flexibility index (Phi) is 1.79. The van der Waals surface area contributed by atoms with E-state index < -0.39 is 0 Å². The number of hydrogen-bond acceptors (Lipinski definition) is 2. The zero-order chi connectivity index (χ0) is 9.81. The highest BCUT2D eigenvalue weighted by atomic mass is 16.3. The monoisotopic (exact) mass is 195 g/mol. The highest BCUT2D eigenvalue weighted by molar-refractivity contribution is 5.10. The van der Waals surface area contributed by atoms with E-state index in [1.165, 1.54) is 38.5 Å². The Morgan fingerprint density at radius 1 is 1.14 bits per heavy atom. The number of rotatable bonds is 2. The van der Waals surface area contributed by atoms with Crippen LogP contribution in [0.15, 0.2) is 0 Å². The van der Waals surface area contributed by atoms with Crippen LogP contribution in [0.2, 0.25) is 0 Å². The lowest BCUT2D eigenvalue weighted by molar-refractivity contribution is -0.0768. The summed E-state index contributed by atoms with van der Waals surface area (Å²) >= 11 is 0. The van der Waals surface area contributed by atoms with Crippen molar-refractivity contribution in [2.45, 2.75) is 50.5 Å². The molecule has 2 atom stereocenters. The summed E-state index contributed by atoms with van der Waals surface area (Å²) in [5.74, 6) is 1.76. The fraction of sp³-hybridized carbons (Fsp3) is 1.00. The first-order valence-corrected chi connectivity index (χ1v) is 6.03. The first-order chi connectivity index (χ1) is 6.63. The Labute approximate surface area is 85.9 Å². The van der Waals surface area contributed by atoms with Gasteiger partial charge in [-0.2, -0.15) is 0 Å². The molecule has 4 fully saturated rings. The highest BCUT2D eigenvalue weighted by Gasteiger charge is 2.55. The van der Waals surface area contributed by atoms with Gasteiger partial charge in [-0.15, -0.1) is 0 Å². The summed E-state index contributed by atoms with van der Waals surface area (Å²) < 4.78 is 0. The van der Waals surface area contributed by atoms with Crippen molar-refractivity contribution in [1.82, 2.24) is 0 Å². The van der Waals surface area contributed by atoms with Crippen molar-refractivity contribution in [2.24, 2.45) is 23.0 Å². The summed E-state index contributed by atoms with van der Waals surface area (Å²) in [5, 5.41) is 9.17. The van der Waals surface area contributed by atoms with Crippen LogP contribution in [0.4, 0.5) is 0 Å². The topological polar surface area (TPSA) is 46.2 Å². The molecule has 2 unspecified atom stereocenters. The van der Waals surface area contributed by atoms with Crippen LogP contribution in [0.3, 0.4) is 0 Å². The molecule has 4 saturated carbocycles. The predicted molar refractivity (Wildman–Crippen MR) is 55.7 cm³/mol. The highest BCUT2D eigenvalue weighted by Crippen LogP contribution is 2.61. The molecule has 80 valence electrons. The van der Waals surface area contributed by atoms with Crippen molar-refractivity contribution in [2.75, 3.05) is 6.61 Å². The van der Waals surface area contributed by atoms with E-state index in [2.05, 4.69) is 0 Å². The molecule has 0 aliphatic heterocycles. The summed E-state index contributed by atoms with van der Waals surface area (Å²) in [6.07, 6.45) is 8.83. The minimum atomic E-state index is 0.152. The molecule has 0 aromatic rings. The number of nitrogens with two attached hydrogens (primary N) is 1. The van der Waals surface area contributed by atoms with Crippen molar-refractivity contribution in [1.29, 1.82) is 0 Å². The van der Waals surface area contributed by atoms with Crippen molar-refractivity contribution < 1.29 is 5.11 Å². The minimum Gasteiger partial charge on any atom is -0.396 e. The Morgan fingerprint density at radius 3 is 2.29 bits per heavy atom. The van der Waals surface area contributed by atoms with Gasteiger partial charge in [0.15, 0.2) is 0 Å². The van der Waals surface area contributed by atoms with E-state index in [0.29, 0.717) is 12.0 Å². The normalized spacial score (nSPS) is 55.3. The molecule has 4 aliphatic rings. The zero-order valence-electron chi connectivity index (χ0n) is 8.84. The van der Waals surface area contributed by atoms with Gasteiger partial charge < -0.3 is 10.8 Å². The van der Waals surface area contributed by atoms with Gasteiger partial charge in [0.05, 0.1) is 0 Å². The number of aliphatic hydroxyl groups is 1. The summed E-state index contributed by atoms with van der Waals surface area (Å²) in [4.78, 5) is 0. The molecule has 0 amide bonds. The van der Waals surface area contributed by atoms with Crippen LogP contribution in [0.25, 0.3) is 0 Å². The molecule has 2 nitrogen and oxygen atoms in total. The lowest BCUT2D eigenvalue weighted by atomic mass is 9.46. The lowest BCUT2D eigenvalue weighted by Gasteiger charge is -2.61. The zero-order valence-corrected chi connectivity index (χ0v) is 8.84. The summed E-state index contributed by atoms with van der Waals surface area (Å²) in [5.41, 5.74) is 7.04. The molecule has 4 rings (SSSR count). The summed E-state index contributed by atoms with van der Waals surface area (Å²) in [6, 6.07) is 0. The molecule has 14 heavy (non-hydrogen) atoms. The van der Waals surface area contributed by atoms with Gasteiger partial charge in [0.25, 0.3) is 0 Å². The maximum atomic E-state index is 9.17. The molecule has 4 aliphatic carbocycles. The maximum absolute atomic E-state index is 9.17. The fourth-order valence-electron chi connectivity index (χ4n) is 5.06. The second kappa shape index (κ2) is 2.73. The van der Waals surface area contributed by atoms with Gasteiger partial charge in [-0.3, -0.25) is 0 Å². The molecular formula is C12H21NO. The molecule has 2 heteroatoms. The van der Waals surface area contributed by atoms with E-state index in [9.17, 15) is 0 Å². The second-order valence-electron chi connectivity index (χ2n) is 6.30. The van der Waals surface area contributed by atoms with Crippen LogP contribution in [-0.2, 0) is 0 Å². The molecule has 0 saturated heterocycles. The lowest BCUT2D eigenvalue weighted by Crippen LogP contribution is -2.60. The van der Waals surface area contributed by atoms with Gasteiger partial charge in [-0.25, -0.2) is 0 Å². The maximum Gasteiger partial charge on any atom is 0.0436 e. The first kappa shape index (κ1) is 9.17. The molecule has 0 aromatic heterocycles. The van der Waals surface area contributed by atoms with Crippen LogP contribution in [0.1, 0.15) is 44.9 Å². The van der Waals surface area contributed by atoms with E-state index in [1.807, 2.05) is 0 Å². The van der Waals surface area contributed by atoms with E-state index in [-0.39, 0.29) is 5.54 Å². The van der Waals surface area contributed by atoms with Crippen LogP contribution in [0, 0.1) is 17.3 Å². The Balaban J connectivity index is 1.89. The van der Waals surface area contributed by atoms with Crippen molar-refractivity contribution in [3.8, 4) is 0 Å². The molecule has 0 radical (unpaired) electrons. The molecule has 0 spiro atoms. The van der Waals surface area contributed by atoms with E-state index in [0.717, 1.165) is 18.3 Å². The van der Waals surface area contributed by atoms with Crippen LogP contribution < -0.4 is 5.73 Å². The van der Waals surface area contributed by atoms with E-state index in [4.69, 9.17) is 10.8 Å². The van der Waals surface area contributed by atoms with Gasteiger partial charge in [0.1, 0.15) is 0 Å². The largest absolute Gasteiger partial charge is 0.396 e. The van der Waals surface area contributed by atoms with Crippen LogP contribution in [-0.4, -0.2) is 17.3 Å². The first-order valence-electron chi connectivity index (χ1n) is 6.03. The number of hydrogen-bond donors (Lipinski definition) is 2. The Morgan fingerprint density at radius 2 is 1.79 bits per heavy atom. The Bertz CT molecular complexity index is 237. The second-order valence-corrected chi connectivity index (χ2v) is 6.30. The van der Waals surface area contributed by atoms with E-state index >= 15 is 0 Å². The molecule has 0 heterocycles. The van der Waals surface area contributed by atoms with E-state index in [1.54, 1.807) is 0 Å². The minimum absolute atomic E-state index is 0.152. The van der Waals surface area contributed by atoms with Crippen molar-refractivity contribution in [3.63, 3.8) is 0 Å².